The van der Waals surface area contributed by atoms with E-state index in [4.69, 9.17) is 4.74 Å². The van der Waals surface area contributed by atoms with Crippen molar-refractivity contribution < 1.29 is 37.5 Å². The number of fused-ring (bicyclic) bond motifs is 2. The minimum absolute atomic E-state index is 0.0321. The Kier molecular flexibility index (Phi) is 10.5. The standard InChI is InChI=1S/C40H45F2N11O6/c41-35(42)34-29(45-37(55)27-20-43-51-15-12-31(46-36(27)51)50-16-18-59-19-17-50)22-52(48-34)25-6-4-23(5-7-25)21-49-13-10-24(11-14-49)44-28-3-1-2-26-33(28)40(58)53(39(26)57)30-8-9-32(54)47-38(30)56/h1-3,12,15,20,22-25,30,35,44H,4-11,13-14,16-19,21H2,(H,45,55)(H,47,54,56). The number of imide groups is 2. The number of piperidine rings is 2. The zero-order valence-electron chi connectivity index (χ0n) is 32.3. The van der Waals surface area contributed by atoms with Crippen LogP contribution in [0.3, 0.4) is 0 Å². The molecule has 7 heterocycles. The summed E-state index contributed by atoms with van der Waals surface area (Å²) in [5, 5.41) is 16.9. The third-order valence-electron chi connectivity index (χ3n) is 12.3. The van der Waals surface area contributed by atoms with Crippen LogP contribution >= 0.6 is 0 Å². The maximum Gasteiger partial charge on any atom is 0.284 e. The Morgan fingerprint density at radius 1 is 0.932 bits per heavy atom. The van der Waals surface area contributed by atoms with Crippen LogP contribution in [0.2, 0.25) is 0 Å². The van der Waals surface area contributed by atoms with Gasteiger partial charge in [-0.15, -0.1) is 0 Å². The molecule has 0 bridgehead atoms. The number of likely N-dealkylation sites (tertiary alicyclic amines) is 1. The number of amides is 5. The second kappa shape index (κ2) is 16.1. The summed E-state index contributed by atoms with van der Waals surface area (Å²) in [7, 11) is 0. The van der Waals surface area contributed by atoms with E-state index in [0.717, 1.165) is 63.1 Å². The Morgan fingerprint density at radius 2 is 1.71 bits per heavy atom. The largest absolute Gasteiger partial charge is 0.382 e. The van der Waals surface area contributed by atoms with Crippen molar-refractivity contribution in [2.45, 2.75) is 75.9 Å². The van der Waals surface area contributed by atoms with E-state index in [0.29, 0.717) is 49.4 Å². The van der Waals surface area contributed by atoms with E-state index in [1.54, 1.807) is 29.1 Å². The summed E-state index contributed by atoms with van der Waals surface area (Å²) in [6.45, 7) is 5.09. The number of carbonyl (C=O) groups excluding carboxylic acids is 5. The van der Waals surface area contributed by atoms with Crippen molar-refractivity contribution in [2.75, 3.05) is 61.5 Å². The first-order valence-electron chi connectivity index (χ1n) is 20.3. The van der Waals surface area contributed by atoms with E-state index in [9.17, 15) is 32.8 Å². The molecule has 310 valence electrons. The van der Waals surface area contributed by atoms with Crippen LogP contribution in [-0.2, 0) is 14.3 Å². The van der Waals surface area contributed by atoms with Crippen molar-refractivity contribution in [1.29, 1.82) is 0 Å². The molecule has 3 aromatic heterocycles. The number of nitrogens with one attached hydrogen (secondary N) is 3. The maximum absolute atomic E-state index is 14.3. The van der Waals surface area contributed by atoms with Crippen molar-refractivity contribution in [3.63, 3.8) is 0 Å². The molecule has 1 unspecified atom stereocenters. The molecule has 17 nitrogen and oxygen atoms in total. The predicted molar refractivity (Wildman–Crippen MR) is 208 cm³/mol. The Labute approximate surface area is 337 Å². The second-order valence-corrected chi connectivity index (χ2v) is 15.9. The molecule has 0 spiro atoms. The fraction of sp³-hybridized carbons (Fsp3) is 0.500. The lowest BCUT2D eigenvalue weighted by atomic mass is 9.85. The van der Waals surface area contributed by atoms with E-state index in [1.807, 2.05) is 6.07 Å². The van der Waals surface area contributed by atoms with E-state index in [-0.39, 0.29) is 47.3 Å². The summed E-state index contributed by atoms with van der Waals surface area (Å²) < 4.78 is 37.0. The van der Waals surface area contributed by atoms with Gasteiger partial charge in [0.1, 0.15) is 17.4 Å². The van der Waals surface area contributed by atoms with Crippen LogP contribution in [-0.4, -0.2) is 122 Å². The number of hydrogen-bond donors (Lipinski definition) is 3. The zero-order chi connectivity index (χ0) is 40.8. The molecular formula is C40H45F2N11O6. The molecule has 9 rings (SSSR count). The molecule has 5 aliphatic rings. The van der Waals surface area contributed by atoms with Gasteiger partial charge in [-0.25, -0.2) is 18.3 Å². The van der Waals surface area contributed by atoms with Gasteiger partial charge in [-0.05, 0) is 69.1 Å². The molecule has 1 atom stereocenters. The number of benzene rings is 1. The van der Waals surface area contributed by atoms with Crippen LogP contribution in [0.15, 0.2) is 42.9 Å². The van der Waals surface area contributed by atoms with Crippen molar-refractivity contribution >= 4 is 52.4 Å². The molecule has 1 aromatic carbocycles. The lowest BCUT2D eigenvalue weighted by Gasteiger charge is -2.37. The third-order valence-corrected chi connectivity index (χ3v) is 12.3. The van der Waals surface area contributed by atoms with Crippen molar-refractivity contribution in [3.8, 4) is 0 Å². The first-order chi connectivity index (χ1) is 28.6. The van der Waals surface area contributed by atoms with Crippen molar-refractivity contribution in [1.82, 2.24) is 39.5 Å². The number of morpholine rings is 1. The van der Waals surface area contributed by atoms with Crippen LogP contribution in [0.4, 0.5) is 26.0 Å². The molecule has 0 radical (unpaired) electrons. The monoisotopic (exact) mass is 813 g/mol. The number of rotatable bonds is 10. The molecule has 3 saturated heterocycles. The number of aromatic nitrogens is 5. The Bertz CT molecular complexity index is 2290. The highest BCUT2D eigenvalue weighted by Gasteiger charge is 2.46. The Morgan fingerprint density at radius 3 is 2.46 bits per heavy atom. The molecule has 1 saturated carbocycles. The highest BCUT2D eigenvalue weighted by Crippen LogP contribution is 2.37. The second-order valence-electron chi connectivity index (χ2n) is 15.9. The zero-order valence-corrected chi connectivity index (χ0v) is 32.3. The Balaban J connectivity index is 0.775. The van der Waals surface area contributed by atoms with Gasteiger partial charge in [-0.3, -0.25) is 38.9 Å². The number of alkyl halides is 2. The van der Waals surface area contributed by atoms with Crippen molar-refractivity contribution in [2.24, 2.45) is 5.92 Å². The number of carbonyl (C=O) groups is 5. The van der Waals surface area contributed by atoms with E-state index in [1.165, 1.54) is 16.9 Å². The van der Waals surface area contributed by atoms with Crippen LogP contribution in [0.5, 0.6) is 0 Å². The van der Waals surface area contributed by atoms with Gasteiger partial charge >= 0.3 is 0 Å². The van der Waals surface area contributed by atoms with Gasteiger partial charge in [0.25, 0.3) is 24.1 Å². The summed E-state index contributed by atoms with van der Waals surface area (Å²) >= 11 is 0. The fourth-order valence-corrected chi connectivity index (χ4v) is 9.10. The number of ether oxygens (including phenoxy) is 1. The summed E-state index contributed by atoms with van der Waals surface area (Å²) in [6, 6.07) is 5.90. The van der Waals surface area contributed by atoms with Crippen LogP contribution in [0.25, 0.3) is 5.65 Å². The third kappa shape index (κ3) is 7.64. The van der Waals surface area contributed by atoms with Crippen molar-refractivity contribution in [3.05, 3.63) is 65.2 Å². The van der Waals surface area contributed by atoms with Crippen LogP contribution < -0.4 is 20.9 Å². The molecule has 3 N–H and O–H groups in total. The molecule has 4 fully saturated rings. The minimum Gasteiger partial charge on any atom is -0.382 e. The van der Waals surface area contributed by atoms with E-state index in [2.05, 4.69) is 40.9 Å². The van der Waals surface area contributed by atoms with Crippen LogP contribution in [0.1, 0.15) is 101 Å². The molecule has 59 heavy (non-hydrogen) atoms. The molecular weight excluding hydrogens is 769 g/mol. The van der Waals surface area contributed by atoms with E-state index < -0.39 is 47.7 Å². The highest BCUT2D eigenvalue weighted by molar-refractivity contribution is 6.25. The maximum atomic E-state index is 14.3. The number of anilines is 3. The molecule has 4 aliphatic heterocycles. The normalized spacial score (nSPS) is 23.3. The van der Waals surface area contributed by atoms with Gasteiger partial charge in [0.05, 0.1) is 42.3 Å². The lowest BCUT2D eigenvalue weighted by Crippen LogP contribution is -2.54. The SMILES string of the molecule is O=C1CCC(N2C(=O)c3cccc(NC4CCN(CC5CCC(n6cc(NC(=O)c7cnn8ccc(N9CCOCC9)nc78)c(C(F)F)n6)CC5)CC4)c3C2=O)C(=O)N1. The smallest absolute Gasteiger partial charge is 0.284 e. The van der Waals surface area contributed by atoms with Gasteiger partial charge in [-0.2, -0.15) is 10.2 Å². The van der Waals surface area contributed by atoms with Gasteiger partial charge in [0.2, 0.25) is 11.8 Å². The van der Waals surface area contributed by atoms with Gasteiger partial charge < -0.3 is 25.2 Å². The quantitative estimate of drug-likeness (QED) is 0.198. The minimum atomic E-state index is -2.88. The number of nitrogens with zero attached hydrogens (tertiary/aromatic N) is 8. The van der Waals surface area contributed by atoms with Gasteiger partial charge in [0, 0.05) is 63.3 Å². The van der Waals surface area contributed by atoms with E-state index >= 15 is 0 Å². The summed E-state index contributed by atoms with van der Waals surface area (Å²) in [5.41, 5.74) is 1.06. The number of hydrogen-bond acceptors (Lipinski definition) is 12. The average Bonchev–Trinajstić information content (AvgIpc) is 3.94. The van der Waals surface area contributed by atoms with Gasteiger partial charge in [0.15, 0.2) is 11.3 Å². The average molecular weight is 814 g/mol. The summed E-state index contributed by atoms with van der Waals surface area (Å²) in [4.78, 5) is 74.6. The predicted octanol–water partition coefficient (Wildman–Crippen LogP) is 3.66. The number of halogens is 2. The fourth-order valence-electron chi connectivity index (χ4n) is 9.10. The molecule has 1 aliphatic carbocycles. The summed E-state index contributed by atoms with van der Waals surface area (Å²) in [6.07, 6.45) is 6.90. The lowest BCUT2D eigenvalue weighted by molar-refractivity contribution is -0.136. The molecule has 5 amide bonds. The molecule has 4 aromatic rings. The highest BCUT2D eigenvalue weighted by atomic mass is 19.3. The summed E-state index contributed by atoms with van der Waals surface area (Å²) in [5.74, 6) is -1.59. The van der Waals surface area contributed by atoms with Gasteiger partial charge in [-0.1, -0.05) is 6.07 Å². The first kappa shape index (κ1) is 38.7. The Hall–Kier alpha value is -5.82. The topological polar surface area (TPSA) is 188 Å². The first-order valence-corrected chi connectivity index (χ1v) is 20.3. The van der Waals surface area contributed by atoms with Crippen LogP contribution in [0, 0.1) is 5.92 Å². The molecule has 19 heteroatoms.